The third kappa shape index (κ3) is 8.22. The van der Waals surface area contributed by atoms with E-state index in [0.717, 1.165) is 11.9 Å². The summed E-state index contributed by atoms with van der Waals surface area (Å²) in [6.07, 6.45) is 0.981. The van der Waals surface area contributed by atoms with Crippen LogP contribution in [0.15, 0.2) is 11.9 Å². The van der Waals surface area contributed by atoms with E-state index in [1.54, 1.807) is 0 Å². The summed E-state index contributed by atoms with van der Waals surface area (Å²) < 4.78 is 10.6. The van der Waals surface area contributed by atoms with Crippen molar-refractivity contribution in [1.82, 2.24) is 0 Å². The molecule has 1 atom stereocenters. The van der Waals surface area contributed by atoms with Crippen molar-refractivity contribution in [2.24, 2.45) is 0 Å². The lowest BCUT2D eigenvalue weighted by Crippen LogP contribution is -1.72. The van der Waals surface area contributed by atoms with Crippen molar-refractivity contribution in [2.45, 2.75) is 0 Å². The van der Waals surface area contributed by atoms with Crippen LogP contribution < -0.4 is 0 Å². The molecule has 0 aromatic carbocycles. The summed E-state index contributed by atoms with van der Waals surface area (Å²) in [7, 11) is 0. The summed E-state index contributed by atoms with van der Waals surface area (Å²) in [6, 6.07) is 0. The van der Waals surface area contributed by atoms with Crippen molar-refractivity contribution in [1.29, 1.82) is 0 Å². The number of carbonyl (C=O) groups is 1. The van der Waals surface area contributed by atoms with Gasteiger partial charge >= 0.3 is 0 Å². The van der Waals surface area contributed by atoms with Crippen LogP contribution in [-0.4, -0.2) is 11.9 Å². The van der Waals surface area contributed by atoms with Crippen LogP contribution in [0, 0.1) is 0 Å². The molecule has 0 aliphatic heterocycles. The van der Waals surface area contributed by atoms with Gasteiger partial charge in [0.2, 0.25) is 5.24 Å². The Morgan fingerprint density at radius 1 is 1.67 bits per heavy atom. The van der Waals surface area contributed by atoms with Gasteiger partial charge in [0.1, 0.15) is 0 Å². The number of carbonyl (C=O) groups excluding carboxylic acids is 1. The smallest absolute Gasteiger partial charge is 0.245 e. The van der Waals surface area contributed by atoms with Crippen LogP contribution in [0.2, 0.25) is 0 Å². The molecule has 0 heterocycles. The Morgan fingerprint density at radius 3 is 2.22 bits per heavy atom. The minimum absolute atomic E-state index is 0.669. The van der Waals surface area contributed by atoms with Crippen LogP contribution in [0.4, 0.5) is 0 Å². The summed E-state index contributed by atoms with van der Waals surface area (Å²) in [5.41, 5.74) is 0. The molecule has 1 unspecified atom stereocenters. The van der Waals surface area contributed by atoms with Gasteiger partial charge in [-0.3, -0.25) is 4.79 Å². The van der Waals surface area contributed by atoms with Gasteiger partial charge in [-0.05, 0) is 28.7 Å². The summed E-state index contributed by atoms with van der Waals surface area (Å²) in [4.78, 5) is 9.99. The first-order chi connectivity index (χ1) is 3.92. The van der Waals surface area contributed by atoms with E-state index in [1.165, 1.54) is 6.66 Å². The first-order valence-corrected chi connectivity index (χ1v) is 5.58. The fraction of sp³-hybridized carbons (Fsp3) is 0.250. The third-order valence-electron chi connectivity index (χ3n) is 0.472. The van der Waals surface area contributed by atoms with Crippen molar-refractivity contribution < 1.29 is 9.36 Å². The van der Waals surface area contributed by atoms with Crippen molar-refractivity contribution in [2.75, 3.05) is 6.66 Å². The number of halogens is 2. The van der Waals surface area contributed by atoms with Crippen LogP contribution >= 0.6 is 29.3 Å². The normalized spacial score (nSPS) is 17.7. The molecular weight excluding hydrogens is 182 g/mol. The molecule has 0 amide bonds. The molecule has 52 valence electrons. The summed E-state index contributed by atoms with van der Waals surface area (Å²) >= 11 is 10.1. The Balaban J connectivity index is 4.02. The van der Waals surface area contributed by atoms with Crippen LogP contribution in [-0.2, 0) is 9.36 Å². The maximum atomic E-state index is 10.6. The molecular formula is C4H5Cl2O2P. The van der Waals surface area contributed by atoms with E-state index < -0.39 is 11.7 Å². The van der Waals surface area contributed by atoms with Gasteiger partial charge in [-0.2, -0.15) is 0 Å². The van der Waals surface area contributed by atoms with Gasteiger partial charge in [0, 0.05) is 12.7 Å². The molecule has 0 spiro atoms. The molecule has 0 aromatic rings. The summed E-state index contributed by atoms with van der Waals surface area (Å²) in [5.74, 6) is 1.10. The largest absolute Gasteiger partial charge is 0.302 e. The standard InChI is InChI=1S/C4H5Cl2O2P/c1-9(6,8)3-2-4(5)7/h2-3H,1H3. The zero-order chi connectivity index (χ0) is 7.49. The lowest BCUT2D eigenvalue weighted by molar-refractivity contribution is -0.107. The van der Waals surface area contributed by atoms with Crippen LogP contribution in [0.5, 0.6) is 0 Å². The average Bonchev–Trinajstić information content (AvgIpc) is 1.59. The predicted molar refractivity (Wildman–Crippen MR) is 39.4 cm³/mol. The van der Waals surface area contributed by atoms with Crippen LogP contribution in [0.25, 0.3) is 0 Å². The van der Waals surface area contributed by atoms with Gasteiger partial charge in [-0.15, -0.1) is 0 Å². The molecule has 2 nitrogen and oxygen atoms in total. The highest BCUT2D eigenvalue weighted by Crippen LogP contribution is 2.48. The average molecular weight is 187 g/mol. The monoisotopic (exact) mass is 186 g/mol. The highest BCUT2D eigenvalue weighted by molar-refractivity contribution is 7.91. The SMILES string of the molecule is CP(=O)(Cl)C=CC(=O)Cl. The first-order valence-electron chi connectivity index (χ1n) is 2.07. The third-order valence-corrected chi connectivity index (χ3v) is 1.62. The number of hydrogen-bond donors (Lipinski definition) is 0. The van der Waals surface area contributed by atoms with E-state index in [-0.39, 0.29) is 0 Å². The Bertz CT molecular complexity index is 181. The molecule has 0 aromatic heterocycles. The van der Waals surface area contributed by atoms with E-state index in [0.29, 0.717) is 0 Å². The van der Waals surface area contributed by atoms with Crippen LogP contribution in [0.1, 0.15) is 0 Å². The van der Waals surface area contributed by atoms with Gasteiger partial charge in [0.05, 0.1) is 0 Å². The predicted octanol–water partition coefficient (Wildman–Crippen LogP) is 2.41. The Hall–Kier alpha value is 0.220. The number of rotatable bonds is 2. The quantitative estimate of drug-likeness (QED) is 0.377. The van der Waals surface area contributed by atoms with Crippen molar-refractivity contribution in [3.63, 3.8) is 0 Å². The highest BCUT2D eigenvalue weighted by atomic mass is 35.7. The fourth-order valence-corrected chi connectivity index (χ4v) is 0.913. The van der Waals surface area contributed by atoms with E-state index in [2.05, 4.69) is 0 Å². The van der Waals surface area contributed by atoms with E-state index in [4.69, 9.17) is 22.8 Å². The maximum Gasteiger partial charge on any atom is 0.245 e. The zero-order valence-corrected chi connectivity index (χ0v) is 7.08. The van der Waals surface area contributed by atoms with Gasteiger partial charge < -0.3 is 4.57 Å². The topological polar surface area (TPSA) is 34.1 Å². The molecule has 0 radical (unpaired) electrons. The maximum absolute atomic E-state index is 10.6. The molecule has 0 N–H and O–H groups in total. The van der Waals surface area contributed by atoms with Crippen molar-refractivity contribution in [3.8, 4) is 0 Å². The van der Waals surface area contributed by atoms with Gasteiger partial charge in [0.25, 0.3) is 0 Å². The Kier molecular flexibility index (Phi) is 3.49. The number of hydrogen-bond acceptors (Lipinski definition) is 2. The molecule has 5 heteroatoms. The first kappa shape index (κ1) is 9.22. The van der Waals surface area contributed by atoms with Crippen LogP contribution in [0.3, 0.4) is 0 Å². The lowest BCUT2D eigenvalue weighted by atomic mass is 10.7. The molecule has 9 heavy (non-hydrogen) atoms. The van der Waals surface area contributed by atoms with Crippen molar-refractivity contribution in [3.05, 3.63) is 11.9 Å². The van der Waals surface area contributed by atoms with E-state index in [1.807, 2.05) is 0 Å². The summed E-state index contributed by atoms with van der Waals surface area (Å²) in [6.45, 7) is -1.41. The Labute approximate surface area is 63.0 Å². The zero-order valence-electron chi connectivity index (χ0n) is 4.67. The lowest BCUT2D eigenvalue weighted by Gasteiger charge is -1.89. The molecule has 0 saturated heterocycles. The van der Waals surface area contributed by atoms with Gasteiger partial charge in [-0.25, -0.2) is 0 Å². The van der Waals surface area contributed by atoms with Gasteiger partial charge in [0.15, 0.2) is 6.49 Å². The highest BCUT2D eigenvalue weighted by Gasteiger charge is 2.02. The Morgan fingerprint density at radius 2 is 2.11 bits per heavy atom. The molecule has 0 aliphatic rings. The van der Waals surface area contributed by atoms with E-state index >= 15 is 0 Å². The molecule has 0 aliphatic carbocycles. The second-order valence-electron chi connectivity index (χ2n) is 1.50. The molecule has 0 saturated carbocycles. The van der Waals surface area contributed by atoms with E-state index in [9.17, 15) is 9.36 Å². The second kappa shape index (κ2) is 3.40. The minimum Gasteiger partial charge on any atom is -0.302 e. The number of allylic oxidation sites excluding steroid dienone is 1. The minimum atomic E-state index is -2.73. The second-order valence-corrected chi connectivity index (χ2v) is 5.95. The molecule has 0 rings (SSSR count). The fourth-order valence-electron chi connectivity index (χ4n) is 0.192. The summed E-state index contributed by atoms with van der Waals surface area (Å²) in [5, 5.41) is -0.669. The van der Waals surface area contributed by atoms with Crippen molar-refractivity contribution >= 4 is 34.6 Å². The molecule has 0 fully saturated rings. The molecule has 0 bridgehead atoms. The van der Waals surface area contributed by atoms with Gasteiger partial charge in [-0.1, -0.05) is 0 Å².